The van der Waals surface area contributed by atoms with Crippen molar-refractivity contribution >= 4 is 5.69 Å². The number of nitrogens with one attached hydrogen (secondary N) is 1. The minimum atomic E-state index is 0.607. The molecule has 5 nitrogen and oxygen atoms in total. The number of aryl methyl sites for hydroxylation is 1. The molecule has 0 aromatic carbocycles. The monoisotopic (exact) mass is 245 g/mol. The molecule has 18 heavy (non-hydrogen) atoms. The van der Waals surface area contributed by atoms with Crippen LogP contribution in [0.15, 0.2) is 24.7 Å². The highest BCUT2D eigenvalue weighted by Crippen LogP contribution is 2.29. The SMILES string of the molecule is Cn1ccc(CNc2cnn(C3CCCC3)c2)n1. The third-order valence-electron chi connectivity index (χ3n) is 3.54. The topological polar surface area (TPSA) is 47.7 Å². The molecule has 96 valence electrons. The molecule has 2 heterocycles. The molecular formula is C13H19N5. The van der Waals surface area contributed by atoms with Crippen LogP contribution in [0.1, 0.15) is 37.4 Å². The zero-order valence-electron chi connectivity index (χ0n) is 10.7. The number of nitrogens with zero attached hydrogens (tertiary/aromatic N) is 4. The van der Waals surface area contributed by atoms with Gasteiger partial charge in [0, 0.05) is 19.4 Å². The van der Waals surface area contributed by atoms with Crippen LogP contribution < -0.4 is 5.32 Å². The van der Waals surface area contributed by atoms with Gasteiger partial charge in [0.2, 0.25) is 0 Å². The lowest BCUT2D eigenvalue weighted by Gasteiger charge is -2.08. The van der Waals surface area contributed by atoms with Crippen LogP contribution in [0.2, 0.25) is 0 Å². The van der Waals surface area contributed by atoms with E-state index in [0.29, 0.717) is 6.04 Å². The predicted molar refractivity (Wildman–Crippen MR) is 70.3 cm³/mol. The lowest BCUT2D eigenvalue weighted by Crippen LogP contribution is -2.04. The number of hydrogen-bond acceptors (Lipinski definition) is 3. The molecule has 1 aliphatic carbocycles. The fourth-order valence-electron chi connectivity index (χ4n) is 2.55. The van der Waals surface area contributed by atoms with Crippen molar-refractivity contribution in [1.29, 1.82) is 0 Å². The zero-order chi connectivity index (χ0) is 12.4. The molecule has 0 saturated heterocycles. The Morgan fingerprint density at radius 3 is 2.94 bits per heavy atom. The third kappa shape index (κ3) is 2.39. The maximum Gasteiger partial charge on any atom is 0.0815 e. The summed E-state index contributed by atoms with van der Waals surface area (Å²) < 4.78 is 3.92. The van der Waals surface area contributed by atoms with Gasteiger partial charge in [0.25, 0.3) is 0 Å². The Balaban J connectivity index is 1.59. The Kier molecular flexibility index (Phi) is 3.04. The van der Waals surface area contributed by atoms with Crippen LogP contribution in [0.4, 0.5) is 5.69 Å². The summed E-state index contributed by atoms with van der Waals surface area (Å²) in [7, 11) is 1.93. The number of rotatable bonds is 4. The van der Waals surface area contributed by atoms with E-state index in [2.05, 4.69) is 26.4 Å². The third-order valence-corrected chi connectivity index (χ3v) is 3.54. The molecule has 0 unspecified atom stereocenters. The second-order valence-electron chi connectivity index (χ2n) is 4.98. The standard InChI is InChI=1S/C13H19N5/c1-17-7-6-11(16-17)8-14-12-9-15-18(10-12)13-4-2-3-5-13/h6-7,9-10,13-14H,2-5,8H2,1H3. The Labute approximate surface area is 107 Å². The second-order valence-corrected chi connectivity index (χ2v) is 4.98. The number of aromatic nitrogens is 4. The molecule has 0 amide bonds. The molecule has 0 radical (unpaired) electrons. The predicted octanol–water partition coefficient (Wildman–Crippen LogP) is 2.34. The largest absolute Gasteiger partial charge is 0.377 e. The van der Waals surface area contributed by atoms with Crippen molar-refractivity contribution in [2.24, 2.45) is 7.05 Å². The molecule has 2 aromatic rings. The quantitative estimate of drug-likeness (QED) is 0.899. The molecule has 1 saturated carbocycles. The maximum absolute atomic E-state index is 4.44. The van der Waals surface area contributed by atoms with Gasteiger partial charge in [-0.3, -0.25) is 9.36 Å². The first-order valence-electron chi connectivity index (χ1n) is 6.58. The highest BCUT2D eigenvalue weighted by Gasteiger charge is 2.17. The van der Waals surface area contributed by atoms with Gasteiger partial charge in [0.1, 0.15) is 0 Å². The van der Waals surface area contributed by atoms with Crippen LogP contribution in [0.5, 0.6) is 0 Å². The molecule has 1 fully saturated rings. The van der Waals surface area contributed by atoms with E-state index in [1.165, 1.54) is 25.7 Å². The van der Waals surface area contributed by atoms with Gasteiger partial charge in [-0.2, -0.15) is 10.2 Å². The van der Waals surface area contributed by atoms with Gasteiger partial charge in [-0.15, -0.1) is 0 Å². The first kappa shape index (κ1) is 11.3. The van der Waals surface area contributed by atoms with Crippen molar-refractivity contribution in [2.75, 3.05) is 5.32 Å². The molecule has 2 aromatic heterocycles. The molecular weight excluding hydrogens is 226 g/mol. The first-order chi connectivity index (χ1) is 8.81. The summed E-state index contributed by atoms with van der Waals surface area (Å²) in [5.74, 6) is 0. The van der Waals surface area contributed by atoms with E-state index in [1.54, 1.807) is 0 Å². The van der Waals surface area contributed by atoms with Crippen LogP contribution in [-0.4, -0.2) is 19.6 Å². The van der Waals surface area contributed by atoms with Gasteiger partial charge < -0.3 is 5.32 Å². The summed E-state index contributed by atoms with van der Waals surface area (Å²) in [5.41, 5.74) is 2.12. The Hall–Kier alpha value is -1.78. The average Bonchev–Trinajstić information content (AvgIpc) is 3.07. The van der Waals surface area contributed by atoms with Crippen LogP contribution in [0.25, 0.3) is 0 Å². The summed E-state index contributed by atoms with van der Waals surface area (Å²) in [6.07, 6.45) is 11.2. The van der Waals surface area contributed by atoms with Crippen molar-refractivity contribution in [1.82, 2.24) is 19.6 Å². The minimum Gasteiger partial charge on any atom is -0.377 e. The molecule has 0 spiro atoms. The molecule has 1 aliphatic rings. The van der Waals surface area contributed by atoms with E-state index in [9.17, 15) is 0 Å². The van der Waals surface area contributed by atoms with Gasteiger partial charge in [0.05, 0.1) is 30.2 Å². The Bertz CT molecular complexity index is 507. The molecule has 0 aliphatic heterocycles. The Morgan fingerprint density at radius 1 is 1.39 bits per heavy atom. The normalized spacial score (nSPS) is 16.3. The zero-order valence-corrected chi connectivity index (χ0v) is 10.7. The molecule has 0 atom stereocenters. The van der Waals surface area contributed by atoms with E-state index in [-0.39, 0.29) is 0 Å². The van der Waals surface area contributed by atoms with E-state index in [4.69, 9.17) is 0 Å². The summed E-state index contributed by atoms with van der Waals surface area (Å²) in [4.78, 5) is 0. The van der Waals surface area contributed by atoms with E-state index < -0.39 is 0 Å². The van der Waals surface area contributed by atoms with Gasteiger partial charge in [-0.25, -0.2) is 0 Å². The summed E-state index contributed by atoms with van der Waals surface area (Å²) >= 11 is 0. The summed E-state index contributed by atoms with van der Waals surface area (Å²) in [5, 5.41) is 12.1. The number of anilines is 1. The fraction of sp³-hybridized carbons (Fsp3) is 0.538. The number of hydrogen-bond donors (Lipinski definition) is 1. The van der Waals surface area contributed by atoms with Gasteiger partial charge >= 0.3 is 0 Å². The van der Waals surface area contributed by atoms with Gasteiger partial charge in [-0.05, 0) is 18.9 Å². The molecule has 0 bridgehead atoms. The van der Waals surface area contributed by atoms with Crippen molar-refractivity contribution in [2.45, 2.75) is 38.3 Å². The summed E-state index contributed by atoms with van der Waals surface area (Å²) in [6.45, 7) is 0.747. The minimum absolute atomic E-state index is 0.607. The highest BCUT2D eigenvalue weighted by atomic mass is 15.3. The highest BCUT2D eigenvalue weighted by molar-refractivity contribution is 5.38. The van der Waals surface area contributed by atoms with E-state index in [0.717, 1.165) is 17.9 Å². The lowest BCUT2D eigenvalue weighted by molar-refractivity contribution is 0.467. The van der Waals surface area contributed by atoms with E-state index >= 15 is 0 Å². The van der Waals surface area contributed by atoms with Crippen LogP contribution in [0, 0.1) is 0 Å². The smallest absolute Gasteiger partial charge is 0.0815 e. The van der Waals surface area contributed by atoms with Gasteiger partial charge in [-0.1, -0.05) is 12.8 Å². The maximum atomic E-state index is 4.44. The first-order valence-corrected chi connectivity index (χ1v) is 6.58. The van der Waals surface area contributed by atoms with Crippen molar-refractivity contribution < 1.29 is 0 Å². The lowest BCUT2D eigenvalue weighted by atomic mass is 10.3. The van der Waals surface area contributed by atoms with E-state index in [1.807, 2.05) is 30.2 Å². The summed E-state index contributed by atoms with van der Waals surface area (Å²) in [6, 6.07) is 2.63. The van der Waals surface area contributed by atoms with Crippen LogP contribution in [-0.2, 0) is 13.6 Å². The van der Waals surface area contributed by atoms with Crippen LogP contribution >= 0.6 is 0 Å². The van der Waals surface area contributed by atoms with Gasteiger partial charge in [0.15, 0.2) is 0 Å². The Morgan fingerprint density at radius 2 is 2.22 bits per heavy atom. The van der Waals surface area contributed by atoms with Crippen molar-refractivity contribution in [3.05, 3.63) is 30.4 Å². The average molecular weight is 245 g/mol. The van der Waals surface area contributed by atoms with Crippen molar-refractivity contribution in [3.8, 4) is 0 Å². The molecule has 3 rings (SSSR count). The van der Waals surface area contributed by atoms with Crippen molar-refractivity contribution in [3.63, 3.8) is 0 Å². The fourth-order valence-corrected chi connectivity index (χ4v) is 2.55. The molecule has 1 N–H and O–H groups in total. The second kappa shape index (κ2) is 4.84. The van der Waals surface area contributed by atoms with Crippen LogP contribution in [0.3, 0.4) is 0 Å². The molecule has 5 heteroatoms.